The molecule has 0 bridgehead atoms. The number of hydrogen-bond acceptors (Lipinski definition) is 5. The molecule has 8 heteroatoms. The fourth-order valence-electron chi connectivity index (χ4n) is 3.03. The van der Waals surface area contributed by atoms with E-state index in [9.17, 15) is 4.79 Å². The summed E-state index contributed by atoms with van der Waals surface area (Å²) in [6.45, 7) is 2.70. The van der Waals surface area contributed by atoms with Crippen molar-refractivity contribution >= 4 is 50.9 Å². The van der Waals surface area contributed by atoms with Gasteiger partial charge in [-0.25, -0.2) is 0 Å². The van der Waals surface area contributed by atoms with Crippen molar-refractivity contribution in [3.63, 3.8) is 0 Å². The first kappa shape index (κ1) is 18.8. The summed E-state index contributed by atoms with van der Waals surface area (Å²) in [7, 11) is 1.78. The van der Waals surface area contributed by atoms with E-state index in [1.54, 1.807) is 18.0 Å². The van der Waals surface area contributed by atoms with Crippen LogP contribution in [0.15, 0.2) is 46.6 Å². The van der Waals surface area contributed by atoms with Gasteiger partial charge in [-0.1, -0.05) is 15.9 Å². The van der Waals surface area contributed by atoms with E-state index in [2.05, 4.69) is 15.9 Å². The lowest BCUT2D eigenvalue weighted by atomic mass is 10.1. The van der Waals surface area contributed by atoms with Gasteiger partial charge in [-0.2, -0.15) is 0 Å². The predicted molar refractivity (Wildman–Crippen MR) is 114 cm³/mol. The highest BCUT2D eigenvalue weighted by atomic mass is 79.9. The van der Waals surface area contributed by atoms with Crippen LogP contribution in [0.25, 0.3) is 6.08 Å². The highest BCUT2D eigenvalue weighted by Crippen LogP contribution is 2.38. The molecule has 28 heavy (non-hydrogen) atoms. The topological polar surface area (TPSA) is 51.2 Å². The summed E-state index contributed by atoms with van der Waals surface area (Å²) in [6, 6.07) is 11.0. The molecule has 0 atom stereocenters. The Balaban J connectivity index is 1.67. The zero-order valence-electron chi connectivity index (χ0n) is 15.3. The number of fused-ring (bicyclic) bond motifs is 1. The van der Waals surface area contributed by atoms with Crippen LogP contribution in [0.3, 0.4) is 0 Å². The molecule has 0 saturated carbocycles. The number of amides is 1. The zero-order chi connectivity index (χ0) is 19.8. The summed E-state index contributed by atoms with van der Waals surface area (Å²) in [5.74, 6) is 1.87. The Bertz CT molecular complexity index is 990. The van der Waals surface area contributed by atoms with Crippen molar-refractivity contribution in [1.82, 2.24) is 4.90 Å². The van der Waals surface area contributed by atoms with Crippen molar-refractivity contribution in [2.75, 3.05) is 25.3 Å². The summed E-state index contributed by atoms with van der Waals surface area (Å²) < 4.78 is 17.1. The van der Waals surface area contributed by atoms with Crippen LogP contribution in [0.2, 0.25) is 0 Å². The number of carbonyl (C=O) groups is 1. The summed E-state index contributed by atoms with van der Waals surface area (Å²) in [4.78, 5) is 16.3. The van der Waals surface area contributed by atoms with Crippen LogP contribution in [0.5, 0.6) is 17.2 Å². The third-order valence-electron chi connectivity index (χ3n) is 4.45. The van der Waals surface area contributed by atoms with E-state index in [1.807, 2.05) is 43.3 Å². The summed E-state index contributed by atoms with van der Waals surface area (Å²) in [6.07, 6.45) is 1.79. The largest absolute Gasteiger partial charge is 0.494 e. The van der Waals surface area contributed by atoms with Gasteiger partial charge in [0, 0.05) is 11.5 Å². The summed E-state index contributed by atoms with van der Waals surface area (Å²) >= 11 is 9.04. The molecule has 0 aromatic heterocycles. The second kappa shape index (κ2) is 7.44. The van der Waals surface area contributed by atoms with Crippen molar-refractivity contribution < 1.29 is 19.0 Å². The smallest absolute Gasteiger partial charge is 0.281 e. The van der Waals surface area contributed by atoms with Crippen molar-refractivity contribution in [2.24, 2.45) is 0 Å². The highest BCUT2D eigenvalue weighted by molar-refractivity contribution is 9.10. The number of halogens is 1. The monoisotopic (exact) mass is 460 g/mol. The molecule has 0 aliphatic carbocycles. The van der Waals surface area contributed by atoms with E-state index in [0.717, 1.165) is 15.8 Å². The maximum Gasteiger partial charge on any atom is 0.281 e. The van der Waals surface area contributed by atoms with Gasteiger partial charge in [0.1, 0.15) is 11.4 Å². The standard InChI is InChI=1S/C20H17BrN2O4S/c1-3-25-14-6-4-13(5-7-14)23-19(24)16(22(2)20(23)28)8-12-9-17-18(10-15(12)21)27-11-26-17/h4-10H,3,11H2,1-2H3/b16-8-. The fraction of sp³-hybridized carbons (Fsp3) is 0.200. The van der Waals surface area contributed by atoms with Crippen molar-refractivity contribution in [1.29, 1.82) is 0 Å². The molecule has 4 rings (SSSR count). The predicted octanol–water partition coefficient (Wildman–Crippen LogP) is 4.18. The van der Waals surface area contributed by atoms with Crippen LogP contribution >= 0.6 is 28.1 Å². The number of benzene rings is 2. The number of rotatable bonds is 4. The van der Waals surface area contributed by atoms with Gasteiger partial charge in [0.2, 0.25) is 6.79 Å². The average molecular weight is 461 g/mol. The second-order valence-electron chi connectivity index (χ2n) is 6.17. The maximum atomic E-state index is 13.1. The van der Waals surface area contributed by atoms with E-state index >= 15 is 0 Å². The number of carbonyl (C=O) groups excluding carboxylic acids is 1. The number of nitrogens with zero attached hydrogens (tertiary/aromatic N) is 2. The number of thiocarbonyl (C=S) groups is 1. The van der Waals surface area contributed by atoms with Gasteiger partial charge in [-0.3, -0.25) is 9.69 Å². The first-order chi connectivity index (χ1) is 13.5. The molecular formula is C20H17BrN2O4S. The minimum atomic E-state index is -0.193. The Morgan fingerprint density at radius 2 is 1.89 bits per heavy atom. The molecule has 1 amide bonds. The van der Waals surface area contributed by atoms with Crippen LogP contribution in [-0.4, -0.2) is 36.4 Å². The Morgan fingerprint density at radius 3 is 2.57 bits per heavy atom. The molecule has 1 saturated heterocycles. The van der Waals surface area contributed by atoms with Gasteiger partial charge in [0.15, 0.2) is 16.6 Å². The maximum absolute atomic E-state index is 13.1. The van der Waals surface area contributed by atoms with Crippen molar-refractivity contribution in [3.05, 3.63) is 52.1 Å². The molecular weight excluding hydrogens is 444 g/mol. The van der Waals surface area contributed by atoms with Crippen LogP contribution in [0.4, 0.5) is 5.69 Å². The number of likely N-dealkylation sites (N-methyl/N-ethyl adjacent to an activating group) is 1. The fourth-order valence-corrected chi connectivity index (χ4v) is 3.76. The van der Waals surface area contributed by atoms with Gasteiger partial charge in [-0.05, 0) is 67.2 Å². The molecule has 0 radical (unpaired) electrons. The Morgan fingerprint density at radius 1 is 1.21 bits per heavy atom. The van der Waals surface area contributed by atoms with Crippen molar-refractivity contribution in [3.8, 4) is 17.2 Å². The summed E-state index contributed by atoms with van der Waals surface area (Å²) in [5, 5.41) is 0.414. The normalized spacial score (nSPS) is 17.0. The lowest BCUT2D eigenvalue weighted by Crippen LogP contribution is -2.31. The molecule has 2 aromatic carbocycles. The third-order valence-corrected chi connectivity index (χ3v) is 5.60. The molecule has 2 aliphatic heterocycles. The van der Waals surface area contributed by atoms with Crippen LogP contribution in [-0.2, 0) is 4.79 Å². The quantitative estimate of drug-likeness (QED) is 0.503. The molecule has 0 unspecified atom stereocenters. The average Bonchev–Trinajstić information content (AvgIpc) is 3.21. The molecule has 0 N–H and O–H groups in total. The van der Waals surface area contributed by atoms with E-state index in [4.69, 9.17) is 26.4 Å². The van der Waals surface area contributed by atoms with Gasteiger partial charge in [0.25, 0.3) is 5.91 Å². The molecule has 2 heterocycles. The second-order valence-corrected chi connectivity index (χ2v) is 7.39. The molecule has 2 aliphatic rings. The first-order valence-corrected chi connectivity index (χ1v) is 9.85. The van der Waals surface area contributed by atoms with Gasteiger partial charge < -0.3 is 19.1 Å². The number of anilines is 1. The van der Waals surface area contributed by atoms with Gasteiger partial charge in [0.05, 0.1) is 12.3 Å². The third kappa shape index (κ3) is 3.22. The number of hydrogen-bond donors (Lipinski definition) is 0. The molecule has 0 spiro atoms. The van der Waals surface area contributed by atoms with Gasteiger partial charge in [-0.15, -0.1) is 0 Å². The van der Waals surface area contributed by atoms with E-state index in [1.165, 1.54) is 4.90 Å². The Kier molecular flexibility index (Phi) is 4.99. The van der Waals surface area contributed by atoms with Crippen molar-refractivity contribution in [2.45, 2.75) is 6.92 Å². The molecule has 1 fully saturated rings. The molecule has 2 aromatic rings. The first-order valence-electron chi connectivity index (χ1n) is 8.65. The molecule has 6 nitrogen and oxygen atoms in total. The van der Waals surface area contributed by atoms with Crippen LogP contribution in [0.1, 0.15) is 12.5 Å². The van der Waals surface area contributed by atoms with Crippen LogP contribution < -0.4 is 19.1 Å². The van der Waals surface area contributed by atoms with Gasteiger partial charge >= 0.3 is 0 Å². The minimum Gasteiger partial charge on any atom is -0.494 e. The lowest BCUT2D eigenvalue weighted by Gasteiger charge is -2.16. The van der Waals surface area contributed by atoms with E-state index in [0.29, 0.717) is 34.6 Å². The van der Waals surface area contributed by atoms with E-state index < -0.39 is 0 Å². The Hall–Kier alpha value is -2.58. The summed E-state index contributed by atoms with van der Waals surface area (Å²) in [5.41, 5.74) is 1.97. The van der Waals surface area contributed by atoms with Crippen LogP contribution in [0, 0.1) is 0 Å². The number of ether oxygens (including phenoxy) is 3. The zero-order valence-corrected chi connectivity index (χ0v) is 17.7. The SMILES string of the molecule is CCOc1ccc(N2C(=O)/C(=C/c3cc4c(cc3Br)OCO4)N(C)C2=S)cc1. The Labute approximate surface area is 176 Å². The minimum absolute atomic E-state index is 0.191. The highest BCUT2D eigenvalue weighted by Gasteiger charge is 2.37. The lowest BCUT2D eigenvalue weighted by molar-refractivity contribution is -0.114. The molecule has 144 valence electrons. The van der Waals surface area contributed by atoms with E-state index in [-0.39, 0.29) is 12.7 Å².